The molecule has 0 heterocycles. The van der Waals surface area contributed by atoms with E-state index in [4.69, 9.17) is 23.2 Å². The zero-order valence-electron chi connectivity index (χ0n) is 15.6. The summed E-state index contributed by atoms with van der Waals surface area (Å²) < 4.78 is 0. The van der Waals surface area contributed by atoms with Gasteiger partial charge >= 0.3 is 0 Å². The Morgan fingerprint density at radius 1 is 0.964 bits per heavy atom. The number of hydrogen-bond donors (Lipinski definition) is 3. The zero-order valence-corrected chi connectivity index (χ0v) is 17.1. The predicted octanol–water partition coefficient (Wildman–Crippen LogP) is 5.42. The molecule has 3 rings (SSSR count). The highest BCUT2D eigenvalue weighted by Gasteiger charge is 2.38. The zero-order chi connectivity index (χ0) is 20.6. The van der Waals surface area contributed by atoms with Crippen LogP contribution in [0.5, 0.6) is 11.5 Å². The predicted molar refractivity (Wildman–Crippen MR) is 110 cm³/mol. The summed E-state index contributed by atoms with van der Waals surface area (Å²) in [5, 5.41) is 24.4. The molecule has 1 atom stereocenters. The third-order valence-corrected chi connectivity index (χ3v) is 5.78. The number of fused-ring (bicyclic) bond motifs is 2. The summed E-state index contributed by atoms with van der Waals surface area (Å²) in [6.45, 7) is 4.75. The van der Waals surface area contributed by atoms with Crippen LogP contribution in [0.2, 0.25) is 10.0 Å². The number of benzene rings is 2. The minimum Gasteiger partial charge on any atom is -0.507 e. The topological polar surface area (TPSA) is 86.6 Å². The number of carbonyl (C=O) groups excluding carboxylic acids is 2. The van der Waals surface area contributed by atoms with E-state index < -0.39 is 11.6 Å². The highest BCUT2D eigenvalue weighted by molar-refractivity contribution is 6.44. The van der Waals surface area contributed by atoms with E-state index in [1.165, 1.54) is 18.2 Å². The molecule has 0 fully saturated rings. The number of phenols is 2. The Labute approximate surface area is 173 Å². The van der Waals surface area contributed by atoms with E-state index in [0.29, 0.717) is 12.5 Å². The van der Waals surface area contributed by atoms with Crippen molar-refractivity contribution in [3.63, 3.8) is 0 Å². The van der Waals surface area contributed by atoms with Crippen molar-refractivity contribution < 1.29 is 19.8 Å². The SMILES string of the molecule is CCCC(CC)CNc1cc(O)c2c(c1O)C(=O)c1c(Cl)ccc(Cl)c1C2=O. The van der Waals surface area contributed by atoms with Gasteiger partial charge in [-0.3, -0.25) is 9.59 Å². The van der Waals surface area contributed by atoms with Gasteiger partial charge < -0.3 is 15.5 Å². The first-order valence-corrected chi connectivity index (χ1v) is 9.97. The minimum absolute atomic E-state index is 0.0592. The van der Waals surface area contributed by atoms with Gasteiger partial charge in [-0.25, -0.2) is 0 Å². The second-order valence-corrected chi connectivity index (χ2v) is 7.74. The average Bonchev–Trinajstić information content (AvgIpc) is 2.66. The molecule has 0 aromatic heterocycles. The quantitative estimate of drug-likeness (QED) is 0.365. The number of aromatic hydroxyl groups is 2. The van der Waals surface area contributed by atoms with Crippen LogP contribution in [0.4, 0.5) is 5.69 Å². The fourth-order valence-electron chi connectivity index (χ4n) is 3.60. The van der Waals surface area contributed by atoms with Crippen molar-refractivity contribution in [3.8, 4) is 11.5 Å². The van der Waals surface area contributed by atoms with Gasteiger partial charge in [0.1, 0.15) is 5.75 Å². The maximum absolute atomic E-state index is 13.1. The van der Waals surface area contributed by atoms with E-state index in [-0.39, 0.29) is 49.5 Å². The lowest BCUT2D eigenvalue weighted by Gasteiger charge is -2.23. The molecule has 0 spiro atoms. The molecular weight excluding hydrogens is 401 g/mol. The van der Waals surface area contributed by atoms with E-state index in [0.717, 1.165) is 19.3 Å². The maximum Gasteiger partial charge on any atom is 0.200 e. The lowest BCUT2D eigenvalue weighted by Crippen LogP contribution is -2.23. The van der Waals surface area contributed by atoms with Crippen LogP contribution in [0.25, 0.3) is 0 Å². The Morgan fingerprint density at radius 2 is 1.54 bits per heavy atom. The number of rotatable bonds is 6. The first-order valence-electron chi connectivity index (χ1n) is 9.21. The van der Waals surface area contributed by atoms with Gasteiger partial charge in [0, 0.05) is 12.6 Å². The molecule has 1 aliphatic carbocycles. The fraction of sp³-hybridized carbons (Fsp3) is 0.333. The van der Waals surface area contributed by atoms with Gasteiger partial charge in [-0.05, 0) is 24.5 Å². The third-order valence-electron chi connectivity index (χ3n) is 5.15. The van der Waals surface area contributed by atoms with Crippen LogP contribution < -0.4 is 5.32 Å². The van der Waals surface area contributed by atoms with Crippen LogP contribution in [0.1, 0.15) is 65.0 Å². The van der Waals surface area contributed by atoms with Crippen molar-refractivity contribution in [2.75, 3.05) is 11.9 Å². The summed E-state index contributed by atoms with van der Waals surface area (Å²) in [5.74, 6) is -1.67. The number of phenolic OH excluding ortho intramolecular Hbond substituents is 2. The molecule has 2 aromatic rings. The van der Waals surface area contributed by atoms with Gasteiger partial charge in [-0.15, -0.1) is 0 Å². The summed E-state index contributed by atoms with van der Waals surface area (Å²) in [7, 11) is 0. The Hall–Kier alpha value is -2.24. The largest absolute Gasteiger partial charge is 0.507 e. The normalized spacial score (nSPS) is 13.9. The van der Waals surface area contributed by atoms with Gasteiger partial charge in [0.2, 0.25) is 0 Å². The molecule has 0 saturated carbocycles. The second kappa shape index (κ2) is 8.02. The number of anilines is 1. The lowest BCUT2D eigenvalue weighted by atomic mass is 9.82. The van der Waals surface area contributed by atoms with Gasteiger partial charge in [0.25, 0.3) is 0 Å². The first-order chi connectivity index (χ1) is 13.3. The molecule has 1 aliphatic rings. The lowest BCUT2D eigenvalue weighted by molar-refractivity contribution is 0.0974. The number of carbonyl (C=O) groups is 2. The van der Waals surface area contributed by atoms with Crippen molar-refractivity contribution in [3.05, 3.63) is 50.5 Å². The Balaban J connectivity index is 2.09. The van der Waals surface area contributed by atoms with Crippen LogP contribution in [0.3, 0.4) is 0 Å². The Morgan fingerprint density at radius 3 is 2.07 bits per heavy atom. The molecule has 0 bridgehead atoms. The molecule has 2 aromatic carbocycles. The number of hydrogen-bond acceptors (Lipinski definition) is 5. The van der Waals surface area contributed by atoms with Gasteiger partial charge in [0.05, 0.1) is 38.0 Å². The van der Waals surface area contributed by atoms with E-state index in [2.05, 4.69) is 19.2 Å². The van der Waals surface area contributed by atoms with E-state index in [1.54, 1.807) is 0 Å². The molecule has 7 heteroatoms. The number of ketones is 2. The highest BCUT2D eigenvalue weighted by atomic mass is 35.5. The molecule has 0 aliphatic heterocycles. The van der Waals surface area contributed by atoms with Crippen molar-refractivity contribution in [2.45, 2.75) is 33.1 Å². The van der Waals surface area contributed by atoms with Crippen molar-refractivity contribution in [1.29, 1.82) is 0 Å². The highest BCUT2D eigenvalue weighted by Crippen LogP contribution is 2.45. The summed E-state index contributed by atoms with van der Waals surface area (Å²) in [6.07, 6.45) is 3.00. The monoisotopic (exact) mass is 421 g/mol. The summed E-state index contributed by atoms with van der Waals surface area (Å²) in [6, 6.07) is 4.11. The molecule has 28 heavy (non-hydrogen) atoms. The van der Waals surface area contributed by atoms with E-state index in [1.807, 2.05) is 0 Å². The molecule has 0 radical (unpaired) electrons. The molecule has 0 amide bonds. The molecule has 5 nitrogen and oxygen atoms in total. The second-order valence-electron chi connectivity index (χ2n) is 6.92. The van der Waals surface area contributed by atoms with Crippen LogP contribution in [0.15, 0.2) is 18.2 Å². The number of halogens is 2. The van der Waals surface area contributed by atoms with Crippen molar-refractivity contribution in [1.82, 2.24) is 0 Å². The molecule has 0 saturated heterocycles. The standard InChI is InChI=1S/C21H21Cl2NO4/c1-3-5-10(4-2)9-24-13-8-14(25)17-18(19(13)26)21(28)16-12(23)7-6-11(22)15(16)20(17)27/h6-8,10,24-26H,3-5,9H2,1-2H3. The van der Waals surface area contributed by atoms with E-state index >= 15 is 0 Å². The average molecular weight is 422 g/mol. The van der Waals surface area contributed by atoms with Crippen LogP contribution in [-0.2, 0) is 0 Å². The fourth-order valence-corrected chi connectivity index (χ4v) is 4.09. The van der Waals surface area contributed by atoms with Crippen LogP contribution in [0, 0.1) is 5.92 Å². The van der Waals surface area contributed by atoms with Gasteiger partial charge in [-0.1, -0.05) is 49.9 Å². The van der Waals surface area contributed by atoms with Crippen LogP contribution >= 0.6 is 23.2 Å². The van der Waals surface area contributed by atoms with Gasteiger partial charge in [0.15, 0.2) is 17.3 Å². The Bertz CT molecular complexity index is 972. The smallest absolute Gasteiger partial charge is 0.200 e. The van der Waals surface area contributed by atoms with Crippen LogP contribution in [-0.4, -0.2) is 28.3 Å². The minimum atomic E-state index is -0.645. The first kappa shape index (κ1) is 20.5. The summed E-state index contributed by atoms with van der Waals surface area (Å²) in [4.78, 5) is 26.0. The molecule has 1 unspecified atom stereocenters. The molecule has 3 N–H and O–H groups in total. The van der Waals surface area contributed by atoms with Crippen molar-refractivity contribution >= 4 is 40.5 Å². The summed E-state index contributed by atoms with van der Waals surface area (Å²) >= 11 is 12.2. The van der Waals surface area contributed by atoms with Crippen molar-refractivity contribution in [2.24, 2.45) is 5.92 Å². The van der Waals surface area contributed by atoms with Gasteiger partial charge in [-0.2, -0.15) is 0 Å². The third kappa shape index (κ3) is 3.33. The molecular formula is C21H21Cl2NO4. The van der Waals surface area contributed by atoms with E-state index in [9.17, 15) is 19.8 Å². The Kier molecular flexibility index (Phi) is 5.87. The maximum atomic E-state index is 13.1. The summed E-state index contributed by atoms with van der Waals surface area (Å²) in [5.41, 5.74) is -0.432. The molecule has 148 valence electrons. The number of nitrogens with one attached hydrogen (secondary N) is 1.